The van der Waals surface area contributed by atoms with Crippen LogP contribution in [0.5, 0.6) is 0 Å². The molecule has 27 heavy (non-hydrogen) atoms. The van der Waals surface area contributed by atoms with Gasteiger partial charge in [0.05, 0.1) is 21.2 Å². The van der Waals surface area contributed by atoms with Crippen LogP contribution in [-0.4, -0.2) is 38.6 Å². The molecule has 9 heteroatoms. The zero-order valence-corrected chi connectivity index (χ0v) is 16.9. The van der Waals surface area contributed by atoms with E-state index in [1.54, 1.807) is 11.0 Å². The van der Waals surface area contributed by atoms with E-state index in [1.165, 1.54) is 36.0 Å². The Morgan fingerprint density at radius 2 is 1.89 bits per heavy atom. The molecule has 2 aromatic carbocycles. The minimum atomic E-state index is -3.96. The molecule has 1 aliphatic rings. The second-order valence-electron chi connectivity index (χ2n) is 6.10. The van der Waals surface area contributed by atoms with E-state index in [-0.39, 0.29) is 21.5 Å². The summed E-state index contributed by atoms with van der Waals surface area (Å²) in [5.74, 6) is -0.804. The Balaban J connectivity index is 1.94. The van der Waals surface area contributed by atoms with E-state index in [2.05, 4.69) is 4.72 Å². The Hall–Kier alpha value is -1.77. The number of hydrogen-bond acceptors (Lipinski definition) is 4. The number of anilines is 1. The van der Waals surface area contributed by atoms with Gasteiger partial charge in [0, 0.05) is 18.0 Å². The summed E-state index contributed by atoms with van der Waals surface area (Å²) in [6.07, 6.45) is 3.74. The van der Waals surface area contributed by atoms with E-state index in [9.17, 15) is 17.6 Å². The molecule has 2 aromatic rings. The SMILES string of the molecule is CSc1ccc(S(=O)(=O)Nc2ccc(F)c(Cl)c2)cc1C(=O)N1CCCC1. The van der Waals surface area contributed by atoms with Gasteiger partial charge in [0.15, 0.2) is 0 Å². The third-order valence-electron chi connectivity index (χ3n) is 4.28. The molecule has 0 bridgehead atoms. The first-order valence-electron chi connectivity index (χ1n) is 8.27. The number of carbonyl (C=O) groups excluding carboxylic acids is 1. The molecule has 0 spiro atoms. The van der Waals surface area contributed by atoms with Crippen LogP contribution in [0.15, 0.2) is 46.2 Å². The van der Waals surface area contributed by atoms with Crippen LogP contribution in [0.25, 0.3) is 0 Å². The molecule has 3 rings (SSSR count). The van der Waals surface area contributed by atoms with E-state index < -0.39 is 15.8 Å². The van der Waals surface area contributed by atoms with Crippen LogP contribution in [0.4, 0.5) is 10.1 Å². The Bertz CT molecular complexity index is 977. The Morgan fingerprint density at radius 1 is 1.19 bits per heavy atom. The summed E-state index contributed by atoms with van der Waals surface area (Å²) < 4.78 is 41.1. The van der Waals surface area contributed by atoms with Gasteiger partial charge >= 0.3 is 0 Å². The molecule has 0 unspecified atom stereocenters. The van der Waals surface area contributed by atoms with Crippen LogP contribution in [-0.2, 0) is 10.0 Å². The number of halogens is 2. The summed E-state index contributed by atoms with van der Waals surface area (Å²) in [5, 5.41) is -0.183. The molecule has 144 valence electrons. The fraction of sp³-hybridized carbons (Fsp3) is 0.278. The average molecular weight is 429 g/mol. The molecule has 1 heterocycles. The summed E-state index contributed by atoms with van der Waals surface area (Å²) in [6.45, 7) is 1.35. The minimum absolute atomic E-state index is 0.0386. The molecule has 5 nitrogen and oxygen atoms in total. The first kappa shape index (κ1) is 20.0. The van der Waals surface area contributed by atoms with Crippen molar-refractivity contribution in [1.82, 2.24) is 4.90 Å². The summed E-state index contributed by atoms with van der Waals surface area (Å²) in [6, 6.07) is 8.02. The van der Waals surface area contributed by atoms with Crippen LogP contribution in [0.1, 0.15) is 23.2 Å². The predicted molar refractivity (Wildman–Crippen MR) is 106 cm³/mol. The third kappa shape index (κ3) is 4.39. The summed E-state index contributed by atoms with van der Waals surface area (Å²) in [4.78, 5) is 15.2. The average Bonchev–Trinajstić information content (AvgIpc) is 3.18. The normalized spacial score (nSPS) is 14.4. The number of likely N-dealkylation sites (tertiary alicyclic amines) is 1. The van der Waals surface area contributed by atoms with Gasteiger partial charge in [-0.05, 0) is 55.5 Å². The monoisotopic (exact) mass is 428 g/mol. The maximum atomic E-state index is 13.3. The van der Waals surface area contributed by atoms with Gasteiger partial charge < -0.3 is 4.90 Å². The standard InChI is InChI=1S/C18H18ClFN2O3S2/c1-26-17-7-5-13(11-14(17)18(23)22-8-2-3-9-22)27(24,25)21-12-4-6-16(20)15(19)10-12/h4-7,10-11,21H,2-3,8-9H2,1H3. The Kier molecular flexibility index (Phi) is 5.98. The number of thioether (sulfide) groups is 1. The van der Waals surface area contributed by atoms with E-state index >= 15 is 0 Å². The Morgan fingerprint density at radius 3 is 2.52 bits per heavy atom. The molecule has 1 amide bonds. The van der Waals surface area contributed by atoms with Gasteiger partial charge in [0.25, 0.3) is 15.9 Å². The van der Waals surface area contributed by atoms with Crippen molar-refractivity contribution in [2.45, 2.75) is 22.6 Å². The van der Waals surface area contributed by atoms with Gasteiger partial charge in [0.2, 0.25) is 0 Å². The molecule has 0 radical (unpaired) electrons. The van der Waals surface area contributed by atoms with Crippen molar-refractivity contribution in [3.8, 4) is 0 Å². The van der Waals surface area contributed by atoms with Gasteiger partial charge in [0.1, 0.15) is 5.82 Å². The zero-order chi connectivity index (χ0) is 19.6. The van der Waals surface area contributed by atoms with Gasteiger partial charge in [-0.1, -0.05) is 11.6 Å². The lowest BCUT2D eigenvalue weighted by atomic mass is 10.2. The summed E-state index contributed by atoms with van der Waals surface area (Å²) >= 11 is 7.09. The molecular formula is C18H18ClFN2O3S2. The van der Waals surface area contributed by atoms with Gasteiger partial charge in [-0.25, -0.2) is 12.8 Å². The van der Waals surface area contributed by atoms with Crippen molar-refractivity contribution in [1.29, 1.82) is 0 Å². The lowest BCUT2D eigenvalue weighted by molar-refractivity contribution is 0.0789. The maximum absolute atomic E-state index is 13.3. The van der Waals surface area contributed by atoms with Crippen LogP contribution >= 0.6 is 23.4 Å². The highest BCUT2D eigenvalue weighted by Gasteiger charge is 2.24. The minimum Gasteiger partial charge on any atom is -0.339 e. The third-order valence-corrected chi connectivity index (χ3v) is 6.74. The second-order valence-corrected chi connectivity index (χ2v) is 9.03. The molecule has 0 atom stereocenters. The molecule has 1 fully saturated rings. The van der Waals surface area contributed by atoms with Gasteiger partial charge in [-0.3, -0.25) is 9.52 Å². The highest BCUT2D eigenvalue weighted by Crippen LogP contribution is 2.28. The number of carbonyl (C=O) groups is 1. The predicted octanol–water partition coefficient (Wildman–Crippen LogP) is 4.24. The van der Waals surface area contributed by atoms with Crippen molar-refractivity contribution in [3.05, 3.63) is 52.8 Å². The van der Waals surface area contributed by atoms with Crippen LogP contribution < -0.4 is 4.72 Å². The zero-order valence-electron chi connectivity index (χ0n) is 14.5. The highest BCUT2D eigenvalue weighted by molar-refractivity contribution is 7.98. The molecule has 0 saturated carbocycles. The molecular weight excluding hydrogens is 411 g/mol. The number of nitrogens with one attached hydrogen (secondary N) is 1. The van der Waals surface area contributed by atoms with E-state index in [1.807, 2.05) is 6.26 Å². The van der Waals surface area contributed by atoms with Crippen molar-refractivity contribution < 1.29 is 17.6 Å². The second kappa shape index (κ2) is 8.08. The largest absolute Gasteiger partial charge is 0.339 e. The number of amides is 1. The van der Waals surface area contributed by atoms with Crippen molar-refractivity contribution in [2.75, 3.05) is 24.1 Å². The first-order valence-corrected chi connectivity index (χ1v) is 11.4. The topological polar surface area (TPSA) is 66.5 Å². The fourth-order valence-corrected chi connectivity index (χ4v) is 4.71. The maximum Gasteiger partial charge on any atom is 0.261 e. The number of sulfonamides is 1. The summed E-state index contributed by atoms with van der Waals surface area (Å²) in [5.41, 5.74) is 0.507. The van der Waals surface area contributed by atoms with E-state index in [0.717, 1.165) is 23.8 Å². The molecule has 1 N–H and O–H groups in total. The van der Waals surface area contributed by atoms with Crippen LogP contribution in [0.3, 0.4) is 0 Å². The van der Waals surface area contributed by atoms with Crippen molar-refractivity contribution >= 4 is 45.0 Å². The molecule has 0 aliphatic carbocycles. The smallest absolute Gasteiger partial charge is 0.261 e. The molecule has 1 aliphatic heterocycles. The van der Waals surface area contributed by atoms with Gasteiger partial charge in [-0.2, -0.15) is 0 Å². The van der Waals surface area contributed by atoms with Gasteiger partial charge in [-0.15, -0.1) is 11.8 Å². The fourth-order valence-electron chi connectivity index (χ4n) is 2.89. The number of rotatable bonds is 5. The lowest BCUT2D eigenvalue weighted by Gasteiger charge is -2.18. The summed E-state index contributed by atoms with van der Waals surface area (Å²) in [7, 11) is -3.96. The molecule has 0 aromatic heterocycles. The quantitative estimate of drug-likeness (QED) is 0.723. The van der Waals surface area contributed by atoms with E-state index in [0.29, 0.717) is 18.7 Å². The highest BCUT2D eigenvalue weighted by atomic mass is 35.5. The molecule has 1 saturated heterocycles. The van der Waals surface area contributed by atoms with E-state index in [4.69, 9.17) is 11.6 Å². The van der Waals surface area contributed by atoms with Crippen LogP contribution in [0.2, 0.25) is 5.02 Å². The number of hydrogen-bond donors (Lipinski definition) is 1. The number of nitrogens with zero attached hydrogens (tertiary/aromatic N) is 1. The lowest BCUT2D eigenvalue weighted by Crippen LogP contribution is -2.28. The first-order chi connectivity index (χ1) is 12.8. The Labute approximate surface area is 166 Å². The number of benzene rings is 2. The van der Waals surface area contributed by atoms with Crippen molar-refractivity contribution in [2.24, 2.45) is 0 Å². The van der Waals surface area contributed by atoms with Crippen LogP contribution in [0, 0.1) is 5.82 Å². The van der Waals surface area contributed by atoms with Crippen molar-refractivity contribution in [3.63, 3.8) is 0 Å².